The summed E-state index contributed by atoms with van der Waals surface area (Å²) < 4.78 is 12.6. The Morgan fingerprint density at radius 2 is 2.22 bits per heavy atom. The third-order valence-corrected chi connectivity index (χ3v) is 4.39. The zero-order valence-corrected chi connectivity index (χ0v) is 12.3. The van der Waals surface area contributed by atoms with Crippen LogP contribution in [0.25, 0.3) is 0 Å². The van der Waals surface area contributed by atoms with Crippen molar-refractivity contribution in [2.24, 2.45) is 5.84 Å². The molecule has 1 atom stereocenters. The monoisotopic (exact) mass is 316 g/mol. The quantitative estimate of drug-likeness (QED) is 0.646. The lowest BCUT2D eigenvalue weighted by atomic mass is 9.78. The Morgan fingerprint density at radius 3 is 2.72 bits per heavy atom. The lowest BCUT2D eigenvalue weighted by Crippen LogP contribution is -2.49. The highest BCUT2D eigenvalue weighted by Gasteiger charge is 2.43. The smallest absolute Gasteiger partial charge is 0.139 e. The van der Waals surface area contributed by atoms with E-state index < -0.39 is 0 Å². The molecule has 1 aromatic heterocycles. The van der Waals surface area contributed by atoms with Gasteiger partial charge in [0.2, 0.25) is 0 Å². The molecule has 1 heterocycles. The van der Waals surface area contributed by atoms with Crippen LogP contribution in [0.15, 0.2) is 21.2 Å². The van der Waals surface area contributed by atoms with E-state index in [0.717, 1.165) is 23.1 Å². The molecule has 0 aromatic carbocycles. The van der Waals surface area contributed by atoms with Gasteiger partial charge in [-0.1, -0.05) is 19.3 Å². The maximum Gasteiger partial charge on any atom is 0.139 e. The maximum absolute atomic E-state index is 6.08. The number of hydrogen-bond acceptors (Lipinski definition) is 4. The summed E-state index contributed by atoms with van der Waals surface area (Å²) in [5.74, 6) is 6.60. The number of furan rings is 1. The van der Waals surface area contributed by atoms with Gasteiger partial charge in [-0.05, 0) is 41.8 Å². The maximum atomic E-state index is 6.08. The van der Waals surface area contributed by atoms with E-state index in [1.807, 2.05) is 13.0 Å². The standard InChI is InChI=1S/C13H21BrN2O2/c1-2-18-13(7-4-3-5-8-13)12(16-15)11-10(14)6-9-17-11/h6,9,12,16H,2-5,7-8,15H2,1H3. The summed E-state index contributed by atoms with van der Waals surface area (Å²) in [6.07, 6.45) is 7.33. The van der Waals surface area contributed by atoms with Crippen LogP contribution < -0.4 is 11.3 Å². The SMILES string of the molecule is CCOC1(C(NN)c2occc2Br)CCCCC1. The van der Waals surface area contributed by atoms with Crippen molar-refractivity contribution in [2.45, 2.75) is 50.7 Å². The van der Waals surface area contributed by atoms with Crippen molar-refractivity contribution in [1.29, 1.82) is 0 Å². The summed E-state index contributed by atoms with van der Waals surface area (Å²) in [6, 6.07) is 1.78. The van der Waals surface area contributed by atoms with Gasteiger partial charge in [0.1, 0.15) is 11.8 Å². The molecule has 1 aliphatic carbocycles. The summed E-state index contributed by atoms with van der Waals surface area (Å²) in [7, 11) is 0. The molecule has 0 aliphatic heterocycles. The predicted molar refractivity (Wildman–Crippen MR) is 73.9 cm³/mol. The van der Waals surface area contributed by atoms with Crippen LogP contribution in [0, 0.1) is 0 Å². The van der Waals surface area contributed by atoms with Gasteiger partial charge in [0.05, 0.1) is 16.3 Å². The summed E-state index contributed by atoms with van der Waals surface area (Å²) in [4.78, 5) is 0. The number of hydrazine groups is 1. The molecule has 1 aliphatic rings. The first-order valence-corrected chi connectivity index (χ1v) is 7.36. The zero-order chi connectivity index (χ0) is 13.0. The van der Waals surface area contributed by atoms with Crippen LogP contribution in [-0.4, -0.2) is 12.2 Å². The summed E-state index contributed by atoms with van der Waals surface area (Å²) in [5, 5.41) is 0. The van der Waals surface area contributed by atoms with Gasteiger partial charge in [-0.15, -0.1) is 0 Å². The van der Waals surface area contributed by atoms with Crippen LogP contribution in [0.5, 0.6) is 0 Å². The van der Waals surface area contributed by atoms with Crippen LogP contribution in [0.3, 0.4) is 0 Å². The fourth-order valence-electron chi connectivity index (χ4n) is 2.93. The number of hydrogen-bond donors (Lipinski definition) is 2. The first kappa shape index (κ1) is 14.1. The average molecular weight is 317 g/mol. The summed E-state index contributed by atoms with van der Waals surface area (Å²) in [5.41, 5.74) is 2.64. The Hall–Kier alpha value is -0.360. The molecule has 5 heteroatoms. The number of nitrogens with one attached hydrogen (secondary N) is 1. The molecule has 102 valence electrons. The minimum atomic E-state index is -0.248. The second-order valence-corrected chi connectivity index (χ2v) is 5.65. The van der Waals surface area contributed by atoms with E-state index in [4.69, 9.17) is 15.0 Å². The number of rotatable bonds is 5. The first-order valence-electron chi connectivity index (χ1n) is 6.56. The van der Waals surface area contributed by atoms with Gasteiger partial charge < -0.3 is 9.15 Å². The molecule has 0 spiro atoms. The molecule has 1 unspecified atom stereocenters. The minimum absolute atomic E-state index is 0.109. The normalized spacial score (nSPS) is 20.8. The highest BCUT2D eigenvalue weighted by atomic mass is 79.9. The van der Waals surface area contributed by atoms with E-state index in [1.165, 1.54) is 19.3 Å². The Morgan fingerprint density at radius 1 is 1.50 bits per heavy atom. The highest BCUT2D eigenvalue weighted by molar-refractivity contribution is 9.10. The van der Waals surface area contributed by atoms with Crippen LogP contribution in [0.4, 0.5) is 0 Å². The topological polar surface area (TPSA) is 60.4 Å². The second kappa shape index (κ2) is 6.19. The Balaban J connectivity index is 2.29. The van der Waals surface area contributed by atoms with Crippen molar-refractivity contribution < 1.29 is 9.15 Å². The molecule has 0 radical (unpaired) electrons. The molecule has 18 heavy (non-hydrogen) atoms. The molecule has 1 saturated carbocycles. The molecule has 3 N–H and O–H groups in total. The average Bonchev–Trinajstić information content (AvgIpc) is 2.78. The van der Waals surface area contributed by atoms with E-state index >= 15 is 0 Å². The Labute approximate surface area is 116 Å². The van der Waals surface area contributed by atoms with Crippen molar-refractivity contribution in [3.05, 3.63) is 22.6 Å². The highest BCUT2D eigenvalue weighted by Crippen LogP contribution is 2.43. The lowest BCUT2D eigenvalue weighted by molar-refractivity contribution is -0.0954. The molecular formula is C13H21BrN2O2. The van der Waals surface area contributed by atoms with Gasteiger partial charge in [-0.3, -0.25) is 5.84 Å². The number of nitrogens with two attached hydrogens (primary N) is 1. The van der Waals surface area contributed by atoms with Crippen LogP contribution in [0.2, 0.25) is 0 Å². The van der Waals surface area contributed by atoms with E-state index in [1.54, 1.807) is 6.26 Å². The number of ether oxygens (including phenoxy) is 1. The Bertz CT molecular complexity index is 369. The van der Waals surface area contributed by atoms with E-state index in [-0.39, 0.29) is 11.6 Å². The van der Waals surface area contributed by atoms with Crippen molar-refractivity contribution in [1.82, 2.24) is 5.43 Å². The van der Waals surface area contributed by atoms with Gasteiger partial charge in [-0.25, -0.2) is 5.43 Å². The van der Waals surface area contributed by atoms with Gasteiger partial charge in [0, 0.05) is 6.61 Å². The largest absolute Gasteiger partial charge is 0.466 e. The third kappa shape index (κ3) is 2.64. The van der Waals surface area contributed by atoms with Crippen molar-refractivity contribution >= 4 is 15.9 Å². The zero-order valence-electron chi connectivity index (χ0n) is 10.7. The van der Waals surface area contributed by atoms with Gasteiger partial charge in [0.25, 0.3) is 0 Å². The van der Waals surface area contributed by atoms with E-state index in [2.05, 4.69) is 21.4 Å². The molecule has 0 saturated heterocycles. The molecular weight excluding hydrogens is 296 g/mol. The molecule has 2 rings (SSSR count). The van der Waals surface area contributed by atoms with E-state index in [0.29, 0.717) is 6.61 Å². The van der Waals surface area contributed by atoms with Crippen LogP contribution in [0.1, 0.15) is 50.8 Å². The number of halogens is 1. The van der Waals surface area contributed by atoms with Gasteiger partial charge in [-0.2, -0.15) is 0 Å². The third-order valence-electron chi connectivity index (χ3n) is 3.73. The van der Waals surface area contributed by atoms with Crippen molar-refractivity contribution in [3.8, 4) is 0 Å². The lowest BCUT2D eigenvalue weighted by Gasteiger charge is -2.42. The minimum Gasteiger partial charge on any atom is -0.466 e. The Kier molecular flexibility index (Phi) is 4.84. The van der Waals surface area contributed by atoms with Crippen LogP contribution in [-0.2, 0) is 4.74 Å². The second-order valence-electron chi connectivity index (χ2n) is 4.79. The van der Waals surface area contributed by atoms with Gasteiger partial charge >= 0.3 is 0 Å². The molecule has 4 nitrogen and oxygen atoms in total. The fraction of sp³-hybridized carbons (Fsp3) is 0.692. The van der Waals surface area contributed by atoms with Crippen molar-refractivity contribution in [3.63, 3.8) is 0 Å². The summed E-state index contributed by atoms with van der Waals surface area (Å²) >= 11 is 3.50. The summed E-state index contributed by atoms with van der Waals surface area (Å²) in [6.45, 7) is 2.72. The molecule has 0 bridgehead atoms. The predicted octanol–water partition coefficient (Wildman–Crippen LogP) is 3.29. The first-order chi connectivity index (χ1) is 8.73. The van der Waals surface area contributed by atoms with Crippen LogP contribution >= 0.6 is 15.9 Å². The van der Waals surface area contributed by atoms with Crippen molar-refractivity contribution in [2.75, 3.05) is 6.61 Å². The molecule has 1 aromatic rings. The molecule has 0 amide bonds. The van der Waals surface area contributed by atoms with Gasteiger partial charge in [0.15, 0.2) is 0 Å². The fourth-order valence-corrected chi connectivity index (χ4v) is 3.36. The molecule has 1 fully saturated rings. The van der Waals surface area contributed by atoms with E-state index in [9.17, 15) is 0 Å².